The van der Waals surface area contributed by atoms with Gasteiger partial charge in [-0.15, -0.1) is 0 Å². The molecule has 1 saturated heterocycles. The van der Waals surface area contributed by atoms with Gasteiger partial charge in [0, 0.05) is 16.6 Å². The fraction of sp³-hybridized carbons (Fsp3) is 0.273. The zero-order valence-corrected chi connectivity index (χ0v) is 18.0. The van der Waals surface area contributed by atoms with Crippen LogP contribution in [-0.4, -0.2) is 60.3 Å². The average molecular weight is 476 g/mol. The molecule has 30 heavy (non-hydrogen) atoms. The summed E-state index contributed by atoms with van der Waals surface area (Å²) in [5, 5.41) is 19.8. The van der Waals surface area contributed by atoms with Gasteiger partial charge in [0.25, 0.3) is 11.7 Å². The zero-order valence-electron chi connectivity index (χ0n) is 16.4. The summed E-state index contributed by atoms with van der Waals surface area (Å²) >= 11 is 3.34. The Bertz CT molecular complexity index is 939. The molecule has 0 bridgehead atoms. The lowest BCUT2D eigenvalue weighted by Crippen LogP contribution is -2.33. The van der Waals surface area contributed by atoms with E-state index < -0.39 is 17.7 Å². The van der Waals surface area contributed by atoms with Crippen LogP contribution >= 0.6 is 15.9 Å². The van der Waals surface area contributed by atoms with Crippen LogP contribution in [0.15, 0.2) is 58.6 Å². The summed E-state index contributed by atoms with van der Waals surface area (Å²) in [4.78, 5) is 27.0. The largest absolute Gasteiger partial charge is 0.507 e. The van der Waals surface area contributed by atoms with Gasteiger partial charge in [0.1, 0.15) is 11.5 Å². The van der Waals surface area contributed by atoms with Crippen LogP contribution in [0.3, 0.4) is 0 Å². The predicted octanol–water partition coefficient (Wildman–Crippen LogP) is 2.89. The van der Waals surface area contributed by atoms with Crippen LogP contribution in [0.5, 0.6) is 5.75 Å². The Morgan fingerprint density at radius 2 is 1.73 bits per heavy atom. The number of methoxy groups -OCH3 is 1. The maximum absolute atomic E-state index is 12.9. The highest BCUT2D eigenvalue weighted by Gasteiger charge is 2.45. The van der Waals surface area contributed by atoms with Gasteiger partial charge in [-0.2, -0.15) is 0 Å². The molecule has 158 valence electrons. The van der Waals surface area contributed by atoms with Crippen LogP contribution < -0.4 is 4.74 Å². The molecule has 2 N–H and O–H groups in total. The van der Waals surface area contributed by atoms with Crippen molar-refractivity contribution in [3.8, 4) is 5.75 Å². The van der Waals surface area contributed by atoms with Gasteiger partial charge < -0.3 is 24.6 Å². The third-order valence-electron chi connectivity index (χ3n) is 4.80. The van der Waals surface area contributed by atoms with E-state index in [4.69, 9.17) is 14.6 Å². The van der Waals surface area contributed by atoms with Crippen LogP contribution in [0, 0.1) is 0 Å². The smallest absolute Gasteiger partial charge is 0.295 e. The van der Waals surface area contributed by atoms with E-state index in [2.05, 4.69) is 15.9 Å². The number of hydrogen-bond acceptors (Lipinski definition) is 6. The topological polar surface area (TPSA) is 96.3 Å². The molecule has 1 fully saturated rings. The molecule has 2 aromatic carbocycles. The summed E-state index contributed by atoms with van der Waals surface area (Å²) in [7, 11) is 1.55. The molecule has 0 aliphatic carbocycles. The molecule has 1 heterocycles. The van der Waals surface area contributed by atoms with Gasteiger partial charge in [-0.1, -0.05) is 40.2 Å². The van der Waals surface area contributed by atoms with Gasteiger partial charge in [-0.3, -0.25) is 9.59 Å². The van der Waals surface area contributed by atoms with Crippen LogP contribution in [0.4, 0.5) is 0 Å². The molecule has 8 heteroatoms. The summed E-state index contributed by atoms with van der Waals surface area (Å²) in [5.74, 6) is -1.06. The predicted molar refractivity (Wildman–Crippen MR) is 114 cm³/mol. The molecular weight excluding hydrogens is 454 g/mol. The van der Waals surface area contributed by atoms with Crippen molar-refractivity contribution in [3.05, 3.63) is 69.7 Å². The van der Waals surface area contributed by atoms with Gasteiger partial charge >= 0.3 is 0 Å². The van der Waals surface area contributed by atoms with E-state index in [-0.39, 0.29) is 37.7 Å². The van der Waals surface area contributed by atoms with Crippen LogP contribution in [0.25, 0.3) is 5.76 Å². The van der Waals surface area contributed by atoms with Crippen molar-refractivity contribution in [3.63, 3.8) is 0 Å². The van der Waals surface area contributed by atoms with E-state index in [0.29, 0.717) is 16.9 Å². The number of carbonyl (C=O) groups excluding carboxylic acids is 2. The molecule has 0 radical (unpaired) electrons. The number of ketones is 1. The Kier molecular flexibility index (Phi) is 7.25. The lowest BCUT2D eigenvalue weighted by molar-refractivity contribution is -0.140. The van der Waals surface area contributed by atoms with E-state index in [1.165, 1.54) is 4.90 Å². The SMILES string of the molecule is COc1ccc(C2/C(=C(\O)c3ccc(Br)cc3)C(=O)C(=O)N2CCOCCO)cc1. The Labute approximate surface area is 182 Å². The Hall–Kier alpha value is -2.68. The number of nitrogens with zero attached hydrogens (tertiary/aromatic N) is 1. The van der Waals surface area contributed by atoms with Crippen LogP contribution in [-0.2, 0) is 14.3 Å². The summed E-state index contributed by atoms with van der Waals surface area (Å²) in [6.07, 6.45) is 0. The van der Waals surface area contributed by atoms with Crippen molar-refractivity contribution in [2.24, 2.45) is 0 Å². The lowest BCUT2D eigenvalue weighted by atomic mass is 9.95. The van der Waals surface area contributed by atoms with E-state index in [0.717, 1.165) is 4.47 Å². The number of ether oxygens (including phenoxy) is 2. The maximum Gasteiger partial charge on any atom is 0.295 e. The highest BCUT2D eigenvalue weighted by atomic mass is 79.9. The number of halogens is 1. The van der Waals surface area contributed by atoms with Crippen molar-refractivity contribution >= 4 is 33.4 Å². The molecule has 0 spiro atoms. The van der Waals surface area contributed by atoms with E-state index >= 15 is 0 Å². The normalized spacial score (nSPS) is 18.1. The number of amides is 1. The standard InChI is InChI=1S/C22H22BrNO6/c1-29-17-8-4-14(5-9-17)19-18(20(26)15-2-6-16(23)7-3-15)21(27)22(28)24(19)10-12-30-13-11-25/h2-9,19,25-26H,10-13H2,1H3/b20-18+. The molecule has 1 aliphatic rings. The van der Waals surface area contributed by atoms with E-state index in [1.54, 1.807) is 55.6 Å². The summed E-state index contributed by atoms with van der Waals surface area (Å²) in [6, 6.07) is 13.0. The Morgan fingerprint density at radius 1 is 1.07 bits per heavy atom. The molecule has 0 aromatic heterocycles. The fourth-order valence-corrected chi connectivity index (χ4v) is 3.60. The first kappa shape index (κ1) is 22.0. The second-order valence-corrected chi connectivity index (χ2v) is 7.52. The fourth-order valence-electron chi connectivity index (χ4n) is 3.34. The molecular formula is C22H22BrNO6. The van der Waals surface area contributed by atoms with E-state index in [1.807, 2.05) is 0 Å². The summed E-state index contributed by atoms with van der Waals surface area (Å²) < 4.78 is 11.3. The average Bonchev–Trinajstić information content (AvgIpc) is 3.01. The Balaban J connectivity index is 2.05. The number of Topliss-reactive ketones (excluding diaryl/α,β-unsaturated/α-hetero) is 1. The monoisotopic (exact) mass is 475 g/mol. The van der Waals surface area contributed by atoms with Crippen molar-refractivity contribution in [2.45, 2.75) is 6.04 Å². The number of rotatable bonds is 8. The Morgan fingerprint density at radius 3 is 2.33 bits per heavy atom. The first-order chi connectivity index (χ1) is 14.5. The van der Waals surface area contributed by atoms with Crippen molar-refractivity contribution in [1.82, 2.24) is 4.90 Å². The third kappa shape index (κ3) is 4.56. The van der Waals surface area contributed by atoms with Gasteiger partial charge in [-0.05, 0) is 29.8 Å². The minimum atomic E-state index is -0.766. The highest BCUT2D eigenvalue weighted by molar-refractivity contribution is 9.10. The minimum Gasteiger partial charge on any atom is -0.507 e. The number of benzene rings is 2. The van der Waals surface area contributed by atoms with Gasteiger partial charge in [0.2, 0.25) is 0 Å². The second kappa shape index (κ2) is 9.88. The molecule has 2 aromatic rings. The van der Waals surface area contributed by atoms with Crippen LogP contribution in [0.1, 0.15) is 17.2 Å². The van der Waals surface area contributed by atoms with Gasteiger partial charge in [-0.25, -0.2) is 0 Å². The number of hydrogen-bond donors (Lipinski definition) is 2. The van der Waals surface area contributed by atoms with Crippen molar-refractivity contribution in [1.29, 1.82) is 0 Å². The molecule has 1 atom stereocenters. The minimum absolute atomic E-state index is 0.0228. The summed E-state index contributed by atoms with van der Waals surface area (Å²) in [6.45, 7) is 0.289. The molecule has 1 aliphatic heterocycles. The molecule has 1 unspecified atom stereocenters. The lowest BCUT2D eigenvalue weighted by Gasteiger charge is -2.25. The van der Waals surface area contributed by atoms with E-state index in [9.17, 15) is 14.7 Å². The first-order valence-corrected chi connectivity index (χ1v) is 10.1. The number of aliphatic hydroxyl groups excluding tert-OH is 2. The maximum atomic E-state index is 12.9. The zero-order chi connectivity index (χ0) is 21.7. The third-order valence-corrected chi connectivity index (χ3v) is 5.33. The number of likely N-dealkylation sites (tertiary alicyclic amines) is 1. The van der Waals surface area contributed by atoms with Crippen LogP contribution in [0.2, 0.25) is 0 Å². The quantitative estimate of drug-likeness (QED) is 0.263. The first-order valence-electron chi connectivity index (χ1n) is 9.34. The number of carbonyl (C=O) groups is 2. The molecule has 3 rings (SSSR count). The molecule has 0 saturated carbocycles. The number of aliphatic hydroxyl groups is 2. The summed E-state index contributed by atoms with van der Waals surface area (Å²) in [5.41, 5.74) is 1.12. The molecule has 1 amide bonds. The highest BCUT2D eigenvalue weighted by Crippen LogP contribution is 2.39. The van der Waals surface area contributed by atoms with Gasteiger partial charge in [0.15, 0.2) is 0 Å². The van der Waals surface area contributed by atoms with Crippen molar-refractivity contribution < 1.29 is 29.3 Å². The van der Waals surface area contributed by atoms with Crippen molar-refractivity contribution in [2.75, 3.05) is 33.5 Å². The molecule has 7 nitrogen and oxygen atoms in total. The van der Waals surface area contributed by atoms with Gasteiger partial charge in [0.05, 0.1) is 38.5 Å². The second-order valence-electron chi connectivity index (χ2n) is 6.61.